The summed E-state index contributed by atoms with van der Waals surface area (Å²) >= 11 is 18.7. The number of likely N-dealkylation sites (N-methyl/N-ethyl adjacent to an activating group) is 1. The maximum absolute atomic E-state index is 14.1. The van der Waals surface area contributed by atoms with Crippen molar-refractivity contribution in [2.24, 2.45) is 27.8 Å². The molecule has 6 aliphatic heterocycles. The number of imidazole rings is 1. The molecular weight excluding hydrogens is 1600 g/mol. The summed E-state index contributed by atoms with van der Waals surface area (Å²) in [6.07, 6.45) is 5.96. The lowest BCUT2D eigenvalue weighted by atomic mass is 9.95. The molecule has 28 nitrogen and oxygen atoms in total. The van der Waals surface area contributed by atoms with Gasteiger partial charge in [-0.05, 0) is 55.8 Å². The van der Waals surface area contributed by atoms with Gasteiger partial charge >= 0.3 is 17.9 Å². The Bertz CT molecular complexity index is 4820. The standard InChI is InChI=1S/C23H25ClFN5O5S2.C22H23BrFN5O5S2.C22H23ClF3N5O3/c1-3-35-23(32)18-16(11-30-7-9-37(33,34)12-17(30)21(31)26-2)28-20(22-27-6-8-36-22)29-19(18)14-5-4-13(25)10-15(14)24;1-2-34-22(31)17-15(10-29-6-8-36(32,33)11-16(29)19(25)30)27-20(21-26-5-7-35-21)28-18(17)13-4-3-12(24)9-14(13)23;1-30-6-5-27-20(30)19-28-16(9-31-11-22(25,26)8-13(31)10-32)17(21(33)34-2)18(29-19)14-4-3-12(24)7-15(14)23/h4-6,8,10,17,19H,3,7,9,11-12H2,1-2H3,(H,26,31)(H,28,29);3-5,7,9,16,18H,2,6,8,10-11H2,1H3,(H2,25,30)(H,27,28);3-7,13,18,32H,8-11H2,1-2H3,(H,28,29)/t17-,19-;16-,18-;13-,18-/m000/s1. The summed E-state index contributed by atoms with van der Waals surface area (Å²) in [4.78, 5) is 95.8. The zero-order valence-corrected chi connectivity index (χ0v) is 63.9. The number of rotatable bonds is 20. The molecule has 6 aromatic rings. The van der Waals surface area contributed by atoms with Gasteiger partial charge in [-0.25, -0.2) is 68.1 Å². The van der Waals surface area contributed by atoms with Gasteiger partial charge in [-0.3, -0.25) is 39.3 Å². The van der Waals surface area contributed by atoms with Crippen molar-refractivity contribution in [3.63, 3.8) is 0 Å². The molecule has 3 saturated heterocycles. The molecule has 3 aromatic heterocycles. The van der Waals surface area contributed by atoms with Crippen LogP contribution in [0.15, 0.2) is 143 Å². The summed E-state index contributed by atoms with van der Waals surface area (Å²) in [5, 5.41) is 26.3. The Kier molecular flexibility index (Phi) is 26.4. The van der Waals surface area contributed by atoms with E-state index in [4.69, 9.17) is 53.1 Å². The molecule has 6 atom stereocenters. The SMILES string of the molecule is CCOC(=O)C1=C(CN2CCS(=O)(=O)C[C@H]2C(=O)NC)NC(c2nccs2)=N[C@H]1c1ccc(F)cc1Cl.CCOC(=O)C1=C(CN2CCS(=O)(=O)C[C@H]2C(N)=O)NC(c2nccs2)=N[C@H]1c1ccc(F)cc1Br.COC(=O)C1=C(CN2CC(F)(F)C[C@H]2CO)NC(c2nccn2C)=N[C@H]1c1ccc(F)cc1Cl. The first-order valence-electron chi connectivity index (χ1n) is 32.8. The normalized spacial score (nSPS) is 22.1. The van der Waals surface area contributed by atoms with Gasteiger partial charge in [0.1, 0.15) is 47.7 Å². The number of esters is 3. The van der Waals surface area contributed by atoms with E-state index in [1.807, 2.05) is 0 Å². The fraction of sp³-hybridized carbons (Fsp3) is 0.388. The number of carbonyl (C=O) groups excluding carboxylic acids is 5. The molecule has 0 aliphatic carbocycles. The number of amides is 2. The summed E-state index contributed by atoms with van der Waals surface area (Å²) < 4.78 is 136. The van der Waals surface area contributed by atoms with Crippen LogP contribution >= 0.6 is 61.8 Å². The highest BCUT2D eigenvalue weighted by Crippen LogP contribution is 2.42. The average molecular weight is 1670 g/mol. The van der Waals surface area contributed by atoms with Crippen LogP contribution in [-0.2, 0) is 64.9 Å². The Labute approximate surface area is 637 Å². The molecule has 12 rings (SSSR count). The van der Waals surface area contributed by atoms with Crippen LogP contribution in [0.4, 0.5) is 22.0 Å². The second kappa shape index (κ2) is 34.8. The van der Waals surface area contributed by atoms with Gasteiger partial charge in [0.2, 0.25) is 11.8 Å². The van der Waals surface area contributed by atoms with E-state index in [2.05, 4.69) is 57.1 Å². The van der Waals surface area contributed by atoms with Crippen molar-refractivity contribution in [1.82, 2.24) is 55.5 Å². The maximum Gasteiger partial charge on any atom is 0.338 e. The first kappa shape index (κ1) is 81.1. The van der Waals surface area contributed by atoms with Gasteiger partial charge in [0.15, 0.2) is 53.0 Å². The number of benzene rings is 3. The fourth-order valence-electron chi connectivity index (χ4n) is 12.5. The number of nitrogens with zero attached hydrogens (tertiary/aromatic N) is 10. The van der Waals surface area contributed by atoms with Gasteiger partial charge in [-0.1, -0.05) is 57.3 Å². The molecule has 0 spiro atoms. The van der Waals surface area contributed by atoms with Crippen molar-refractivity contribution in [3.05, 3.63) is 188 Å². The number of aliphatic hydroxyl groups is 1. The molecule has 7 N–H and O–H groups in total. The van der Waals surface area contributed by atoms with E-state index in [0.717, 1.165) is 12.1 Å². The fourth-order valence-corrected chi connectivity index (χ4v) is 17.9. The van der Waals surface area contributed by atoms with E-state index in [1.165, 1.54) is 84.2 Å². The van der Waals surface area contributed by atoms with Crippen molar-refractivity contribution in [3.8, 4) is 0 Å². The molecule has 40 heteroatoms. The zero-order chi connectivity index (χ0) is 77.4. The molecule has 3 aromatic carbocycles. The number of methoxy groups -OCH3 is 1. The highest BCUT2D eigenvalue weighted by molar-refractivity contribution is 9.10. The maximum atomic E-state index is 14.1. The molecule has 0 bridgehead atoms. The summed E-state index contributed by atoms with van der Waals surface area (Å²) in [6, 6.07) is 5.88. The lowest BCUT2D eigenvalue weighted by molar-refractivity contribution is -0.139. The molecule has 6 aliphatic rings. The van der Waals surface area contributed by atoms with Crippen molar-refractivity contribution in [1.29, 1.82) is 0 Å². The molecule has 572 valence electrons. The predicted octanol–water partition coefficient (Wildman–Crippen LogP) is 5.66. The minimum absolute atomic E-state index is 0.00299. The number of ether oxygens (including phenoxy) is 3. The van der Waals surface area contributed by atoms with Gasteiger partial charge in [0.05, 0.1) is 73.2 Å². The first-order chi connectivity index (χ1) is 50.9. The number of carbonyl (C=O) groups is 5. The average Bonchev–Trinajstić information content (AvgIpc) is 1.70. The third-order valence-corrected chi connectivity index (χ3v) is 23.7. The summed E-state index contributed by atoms with van der Waals surface area (Å²) in [7, 11) is -2.50. The van der Waals surface area contributed by atoms with Crippen LogP contribution < -0.4 is 27.0 Å². The zero-order valence-electron chi connectivity index (χ0n) is 57.6. The number of likely N-dealkylation sites (tertiary alicyclic amines) is 1. The number of thiazole rings is 2. The number of halogens is 8. The number of alkyl halides is 2. The summed E-state index contributed by atoms with van der Waals surface area (Å²) in [6.45, 7) is 2.48. The Morgan fingerprint density at radius 2 is 1.12 bits per heavy atom. The third kappa shape index (κ3) is 19.4. The van der Waals surface area contributed by atoms with Crippen molar-refractivity contribution >= 4 is 129 Å². The number of aromatic nitrogens is 4. The molecule has 3 fully saturated rings. The number of hydrogen-bond acceptors (Lipinski definition) is 27. The van der Waals surface area contributed by atoms with Gasteiger partial charge in [-0.2, -0.15) is 0 Å². The quantitative estimate of drug-likeness (QED) is 0.0305. The summed E-state index contributed by atoms with van der Waals surface area (Å²) in [5.41, 5.74) is 8.05. The molecule has 0 radical (unpaired) electrons. The molecule has 0 saturated carbocycles. The molecule has 107 heavy (non-hydrogen) atoms. The Morgan fingerprint density at radius 1 is 0.673 bits per heavy atom. The van der Waals surface area contributed by atoms with E-state index >= 15 is 0 Å². The number of nitrogens with one attached hydrogen (secondary N) is 4. The van der Waals surface area contributed by atoms with Gasteiger partial charge < -0.3 is 50.9 Å². The van der Waals surface area contributed by atoms with Crippen molar-refractivity contribution in [2.45, 2.75) is 62.4 Å². The number of nitrogens with two attached hydrogens (primary N) is 1. The van der Waals surface area contributed by atoms with Crippen molar-refractivity contribution < 1.29 is 82.1 Å². The molecule has 0 unspecified atom stereocenters. The smallest absolute Gasteiger partial charge is 0.338 e. The minimum Gasteiger partial charge on any atom is -0.466 e. The van der Waals surface area contributed by atoms with Crippen LogP contribution in [0.25, 0.3) is 0 Å². The lowest BCUT2D eigenvalue weighted by Gasteiger charge is -2.36. The van der Waals surface area contributed by atoms with Crippen LogP contribution in [0.3, 0.4) is 0 Å². The topological polar surface area (TPSA) is 366 Å². The van der Waals surface area contributed by atoms with Gasteiger partial charge in [0.25, 0.3) is 5.92 Å². The Hall–Kier alpha value is -8.44. The number of hydrogen-bond donors (Lipinski definition) is 6. The van der Waals surface area contributed by atoms with Crippen LogP contribution in [-0.4, -0.2) is 224 Å². The second-order valence-corrected chi connectivity index (χ2v) is 32.6. The number of sulfone groups is 2. The minimum atomic E-state index is -3.44. The van der Waals surface area contributed by atoms with Crippen LogP contribution in [0, 0.1) is 17.5 Å². The molecular formula is C67H71BrCl2F5N15O13S4. The summed E-state index contributed by atoms with van der Waals surface area (Å²) in [5.74, 6) is -7.49. The molecule has 2 amide bonds. The van der Waals surface area contributed by atoms with E-state index in [0.29, 0.717) is 60.1 Å². The number of aryl methyl sites for hydroxylation is 1. The predicted molar refractivity (Wildman–Crippen MR) is 391 cm³/mol. The Morgan fingerprint density at radius 3 is 1.55 bits per heavy atom. The largest absolute Gasteiger partial charge is 0.466 e. The lowest BCUT2D eigenvalue weighted by Crippen LogP contribution is -2.56. The van der Waals surface area contributed by atoms with Gasteiger partial charge in [-0.15, -0.1) is 22.7 Å². The number of primary amides is 1. The monoisotopic (exact) mass is 1670 g/mol. The van der Waals surface area contributed by atoms with E-state index < -0.39 is 134 Å². The van der Waals surface area contributed by atoms with Gasteiger partial charge in [0, 0.05) is 138 Å². The van der Waals surface area contributed by atoms with E-state index in [-0.39, 0.29) is 101 Å². The number of aliphatic hydroxyl groups excluding tert-OH is 1. The molecule has 9 heterocycles. The van der Waals surface area contributed by atoms with Crippen LogP contribution in [0.1, 0.15) is 70.9 Å². The van der Waals surface area contributed by atoms with Crippen molar-refractivity contribution in [2.75, 3.05) is 96.3 Å². The number of aliphatic imine (C=N–C) groups is 3. The van der Waals surface area contributed by atoms with Crippen LogP contribution in [0.2, 0.25) is 10.0 Å². The van der Waals surface area contributed by atoms with E-state index in [9.17, 15) is 67.9 Å². The van der Waals surface area contributed by atoms with Crippen LogP contribution in [0.5, 0.6) is 0 Å². The highest BCUT2D eigenvalue weighted by atomic mass is 79.9. The first-order valence-corrected chi connectivity index (χ1v) is 39.7. The Balaban J connectivity index is 0.000000172. The second-order valence-electron chi connectivity index (χ2n) is 24.7. The highest BCUT2D eigenvalue weighted by Gasteiger charge is 2.47. The third-order valence-electron chi connectivity index (χ3n) is 17.6. The number of amidine groups is 3. The van der Waals surface area contributed by atoms with E-state index in [1.54, 1.807) is 70.8 Å².